The summed E-state index contributed by atoms with van der Waals surface area (Å²) in [5.41, 5.74) is 1.68. The van der Waals surface area contributed by atoms with Crippen molar-refractivity contribution in [1.82, 2.24) is 0 Å². The lowest BCUT2D eigenvalue weighted by Crippen LogP contribution is -2.57. The number of fused-ring (bicyclic) bond motifs is 4. The van der Waals surface area contributed by atoms with Gasteiger partial charge in [0.15, 0.2) is 0 Å². The smallest absolute Gasteiger partial charge is 0.138 e. The Morgan fingerprint density at radius 1 is 1.08 bits per heavy atom. The molecule has 4 aliphatic carbocycles. The first-order valence-corrected chi connectivity index (χ1v) is 14.4. The molecule has 0 bridgehead atoms. The maximum Gasteiger partial charge on any atom is 0.138 e. The highest BCUT2D eigenvalue weighted by Crippen LogP contribution is 2.72. The van der Waals surface area contributed by atoms with Crippen LogP contribution in [0.1, 0.15) is 106 Å². The number of carbonyl (C=O) groups excluding carboxylic acids is 1. The molecule has 3 N–H and O–H groups in total. The van der Waals surface area contributed by atoms with Crippen molar-refractivity contribution in [2.75, 3.05) is 13.7 Å². The Labute approximate surface area is 219 Å². The summed E-state index contributed by atoms with van der Waals surface area (Å²) in [5, 5.41) is 30.2. The van der Waals surface area contributed by atoms with E-state index in [9.17, 15) is 20.1 Å². The highest BCUT2D eigenvalue weighted by Gasteiger charge is 2.65. The number of hydrogen-bond acceptors (Lipinski definition) is 5. The first-order chi connectivity index (χ1) is 16.6. The predicted octanol–water partition coefficient (Wildman–Crippen LogP) is 5.45. The third-order valence-electron chi connectivity index (χ3n) is 12.4. The van der Waals surface area contributed by atoms with Crippen LogP contribution in [0.15, 0.2) is 11.1 Å². The summed E-state index contributed by atoms with van der Waals surface area (Å²) in [7, 11) is 1.86. The number of carbonyl (C=O) groups is 1. The fourth-order valence-electron chi connectivity index (χ4n) is 9.63. The van der Waals surface area contributed by atoms with Gasteiger partial charge in [-0.25, -0.2) is 0 Å². The molecule has 2 saturated carbocycles. The van der Waals surface area contributed by atoms with Gasteiger partial charge < -0.3 is 20.1 Å². The van der Waals surface area contributed by atoms with Crippen molar-refractivity contribution in [2.45, 2.75) is 124 Å². The average Bonchev–Trinajstić information content (AvgIpc) is 3.11. The van der Waals surface area contributed by atoms with E-state index < -0.39 is 18.3 Å². The second-order valence-electron chi connectivity index (χ2n) is 14.4. The van der Waals surface area contributed by atoms with Gasteiger partial charge in [0.05, 0.1) is 18.8 Å². The summed E-state index contributed by atoms with van der Waals surface area (Å²) in [6, 6.07) is 0. The van der Waals surface area contributed by atoms with E-state index in [0.29, 0.717) is 36.4 Å². The number of methoxy groups -OCH3 is 1. The maximum absolute atomic E-state index is 13.0. The maximum atomic E-state index is 13.0. The van der Waals surface area contributed by atoms with Crippen LogP contribution in [0, 0.1) is 39.4 Å². The summed E-state index contributed by atoms with van der Waals surface area (Å²) >= 11 is 0. The van der Waals surface area contributed by atoms with Gasteiger partial charge in [0.2, 0.25) is 0 Å². The second-order valence-corrected chi connectivity index (χ2v) is 14.4. The summed E-state index contributed by atoms with van der Waals surface area (Å²) in [6.45, 7) is 15.2. The molecule has 9 unspecified atom stereocenters. The zero-order chi connectivity index (χ0) is 26.9. The zero-order valence-corrected chi connectivity index (χ0v) is 24.1. The van der Waals surface area contributed by atoms with Crippen LogP contribution in [0.2, 0.25) is 0 Å². The van der Waals surface area contributed by atoms with E-state index in [1.165, 1.54) is 6.92 Å². The molecular weight excluding hydrogens is 452 g/mol. The van der Waals surface area contributed by atoms with Gasteiger partial charge in [-0.1, -0.05) is 47.1 Å². The van der Waals surface area contributed by atoms with Crippen molar-refractivity contribution >= 4 is 5.78 Å². The second kappa shape index (κ2) is 9.17. The fourth-order valence-corrected chi connectivity index (χ4v) is 9.63. The lowest BCUT2D eigenvalue weighted by molar-refractivity contribution is -0.142. The quantitative estimate of drug-likeness (QED) is 0.401. The molecule has 4 aliphatic rings. The predicted molar refractivity (Wildman–Crippen MR) is 142 cm³/mol. The molecule has 5 nitrogen and oxygen atoms in total. The van der Waals surface area contributed by atoms with Crippen LogP contribution in [-0.4, -0.2) is 52.6 Å². The van der Waals surface area contributed by atoms with Gasteiger partial charge in [-0.3, -0.25) is 4.79 Å². The van der Waals surface area contributed by atoms with Crippen LogP contribution in [0.3, 0.4) is 0 Å². The van der Waals surface area contributed by atoms with Crippen molar-refractivity contribution in [2.24, 2.45) is 39.4 Å². The van der Waals surface area contributed by atoms with Gasteiger partial charge in [-0.05, 0) is 97.9 Å². The summed E-state index contributed by atoms with van der Waals surface area (Å²) < 4.78 is 6.27. The molecule has 0 aromatic rings. The lowest BCUT2D eigenvalue weighted by atomic mass is 9.43. The molecular formula is C31H52O5. The molecule has 0 spiro atoms. The van der Waals surface area contributed by atoms with Crippen molar-refractivity contribution in [3.8, 4) is 0 Å². The molecule has 0 aromatic carbocycles. The number of aliphatic hydroxyl groups is 3. The number of ether oxygens (including phenoxy) is 1. The van der Waals surface area contributed by atoms with Gasteiger partial charge in [0, 0.05) is 18.9 Å². The Balaban J connectivity index is 1.66. The third kappa shape index (κ3) is 3.89. The van der Waals surface area contributed by atoms with E-state index in [1.54, 1.807) is 11.1 Å². The standard InChI is InChI=1S/C31H52O5/c1-19(9-10-25(34)31(7,35)18-32)20-11-16-30(6)26-21(12-15-29(20,30)5)28(4)14-13-24(33)27(2,3)23(28)17-22(26)36-8/h19-20,22-23,25,32,34-35H,9-18H2,1-8H3. The van der Waals surface area contributed by atoms with E-state index >= 15 is 0 Å². The molecule has 5 heteroatoms. The molecule has 0 amide bonds. The topological polar surface area (TPSA) is 87.0 Å². The number of Topliss-reactive ketones (excluding diaryl/α,β-unsaturated/α-hetero) is 1. The average molecular weight is 505 g/mol. The molecule has 4 rings (SSSR count). The number of hydrogen-bond donors (Lipinski definition) is 3. The summed E-state index contributed by atoms with van der Waals surface area (Å²) in [4.78, 5) is 13.0. The Bertz CT molecular complexity index is 905. The minimum Gasteiger partial charge on any atom is -0.393 e. The molecule has 2 fully saturated rings. The Morgan fingerprint density at radius 2 is 1.75 bits per heavy atom. The van der Waals surface area contributed by atoms with Gasteiger partial charge in [-0.2, -0.15) is 0 Å². The number of rotatable bonds is 7. The molecule has 0 radical (unpaired) electrons. The van der Waals surface area contributed by atoms with E-state index in [4.69, 9.17) is 4.74 Å². The van der Waals surface area contributed by atoms with Gasteiger partial charge >= 0.3 is 0 Å². The summed E-state index contributed by atoms with van der Waals surface area (Å²) in [6.07, 6.45) is 7.62. The van der Waals surface area contributed by atoms with Crippen LogP contribution in [0.5, 0.6) is 0 Å². The molecule has 0 aromatic heterocycles. The number of ketones is 1. The van der Waals surface area contributed by atoms with Crippen LogP contribution >= 0.6 is 0 Å². The molecule has 9 atom stereocenters. The van der Waals surface area contributed by atoms with Crippen LogP contribution in [-0.2, 0) is 9.53 Å². The van der Waals surface area contributed by atoms with E-state index in [0.717, 1.165) is 44.9 Å². The molecule has 0 heterocycles. The van der Waals surface area contributed by atoms with E-state index in [1.807, 2.05) is 7.11 Å². The van der Waals surface area contributed by atoms with Crippen molar-refractivity contribution < 1.29 is 24.9 Å². The van der Waals surface area contributed by atoms with E-state index in [2.05, 4.69) is 41.5 Å². The van der Waals surface area contributed by atoms with Gasteiger partial charge in [0.1, 0.15) is 11.4 Å². The first kappa shape index (κ1) is 28.3. The largest absolute Gasteiger partial charge is 0.393 e. The summed E-state index contributed by atoms with van der Waals surface area (Å²) in [5.74, 6) is 1.69. The monoisotopic (exact) mass is 504 g/mol. The van der Waals surface area contributed by atoms with Gasteiger partial charge in [0.25, 0.3) is 0 Å². The fraction of sp³-hybridized carbons (Fsp3) is 0.903. The lowest BCUT2D eigenvalue weighted by Gasteiger charge is -2.62. The minimum atomic E-state index is -1.45. The van der Waals surface area contributed by atoms with Crippen molar-refractivity contribution in [3.05, 3.63) is 11.1 Å². The normalized spacial score (nSPS) is 43.3. The Morgan fingerprint density at radius 3 is 2.36 bits per heavy atom. The zero-order valence-electron chi connectivity index (χ0n) is 24.1. The first-order valence-electron chi connectivity index (χ1n) is 14.4. The van der Waals surface area contributed by atoms with Crippen molar-refractivity contribution in [3.63, 3.8) is 0 Å². The van der Waals surface area contributed by atoms with Crippen LogP contribution in [0.4, 0.5) is 0 Å². The van der Waals surface area contributed by atoms with Crippen LogP contribution in [0.25, 0.3) is 0 Å². The van der Waals surface area contributed by atoms with Crippen LogP contribution < -0.4 is 0 Å². The molecule has 206 valence electrons. The Kier molecular flexibility index (Phi) is 7.20. The van der Waals surface area contributed by atoms with E-state index in [-0.39, 0.29) is 27.8 Å². The number of aliphatic hydroxyl groups excluding tert-OH is 2. The third-order valence-corrected chi connectivity index (χ3v) is 12.4. The molecule has 0 saturated heterocycles. The Hall–Kier alpha value is -0.750. The van der Waals surface area contributed by atoms with Crippen molar-refractivity contribution in [1.29, 1.82) is 0 Å². The highest BCUT2D eigenvalue weighted by atomic mass is 16.5. The minimum absolute atomic E-state index is 0.0645. The molecule has 36 heavy (non-hydrogen) atoms. The molecule has 0 aliphatic heterocycles. The number of allylic oxidation sites excluding steroid dienone is 1. The highest BCUT2D eigenvalue weighted by molar-refractivity contribution is 5.85. The van der Waals surface area contributed by atoms with Gasteiger partial charge in [-0.15, -0.1) is 0 Å². The SMILES string of the molecule is COC1CC2C(C)(C)C(=O)CCC2(C)C2=C1C1(C)CCC(C(C)CCC(O)C(C)(O)CO)C1(C)CC2.